The largest absolute Gasteiger partial charge is 0.340 e. The Kier molecular flexibility index (Phi) is 5.95. The molecule has 1 aromatic heterocycles. The van der Waals surface area contributed by atoms with E-state index in [1.54, 1.807) is 28.0 Å². The fourth-order valence-electron chi connectivity index (χ4n) is 1.67. The zero-order valence-corrected chi connectivity index (χ0v) is 13.6. The zero-order chi connectivity index (χ0) is 14.4. The Morgan fingerprint density at radius 1 is 1.30 bits per heavy atom. The summed E-state index contributed by atoms with van der Waals surface area (Å²) in [6, 6.07) is 11.8. The summed E-state index contributed by atoms with van der Waals surface area (Å²) in [5, 5.41) is 2.77. The van der Waals surface area contributed by atoms with Gasteiger partial charge < -0.3 is 4.90 Å². The van der Waals surface area contributed by atoms with Crippen molar-refractivity contribution in [1.29, 1.82) is 0 Å². The minimum absolute atomic E-state index is 0.164. The van der Waals surface area contributed by atoms with Crippen LogP contribution in [0.15, 0.2) is 41.8 Å². The number of carbonyl (C=O) groups is 1. The highest BCUT2D eigenvalue weighted by Gasteiger charge is 2.09. The number of thiophene rings is 1. The van der Waals surface area contributed by atoms with E-state index in [4.69, 9.17) is 11.6 Å². The monoisotopic (exact) mass is 325 g/mol. The predicted molar refractivity (Wildman–Crippen MR) is 88.4 cm³/mol. The van der Waals surface area contributed by atoms with Gasteiger partial charge in [0.15, 0.2) is 0 Å². The number of hydrogen-bond donors (Lipinski definition) is 0. The minimum Gasteiger partial charge on any atom is -0.340 e. The first kappa shape index (κ1) is 15.4. The summed E-state index contributed by atoms with van der Waals surface area (Å²) in [4.78, 5) is 15.0. The summed E-state index contributed by atoms with van der Waals surface area (Å²) in [7, 11) is 1.85. The second-order valence-corrected chi connectivity index (χ2v) is 6.90. The third-order valence-electron chi connectivity index (χ3n) is 2.81. The molecule has 1 aromatic carbocycles. The van der Waals surface area contributed by atoms with Crippen molar-refractivity contribution in [1.82, 2.24) is 4.90 Å². The number of nitrogens with zero attached hydrogens (tertiary/aromatic N) is 1. The van der Waals surface area contributed by atoms with Gasteiger partial charge in [0.1, 0.15) is 0 Å². The molecule has 0 atom stereocenters. The van der Waals surface area contributed by atoms with Gasteiger partial charge in [-0.3, -0.25) is 4.79 Å². The van der Waals surface area contributed by atoms with Crippen molar-refractivity contribution in [2.75, 3.05) is 12.8 Å². The Hall–Kier alpha value is -0.970. The lowest BCUT2D eigenvalue weighted by Crippen LogP contribution is -2.27. The number of benzene rings is 1. The van der Waals surface area contributed by atoms with Crippen molar-refractivity contribution < 1.29 is 4.79 Å². The summed E-state index contributed by atoms with van der Waals surface area (Å²) in [6.07, 6.45) is 0. The van der Waals surface area contributed by atoms with Gasteiger partial charge in [-0.15, -0.1) is 23.1 Å². The van der Waals surface area contributed by atoms with Crippen molar-refractivity contribution in [2.45, 2.75) is 12.3 Å². The molecular weight excluding hydrogens is 310 g/mol. The van der Waals surface area contributed by atoms with E-state index in [0.717, 1.165) is 10.8 Å². The predicted octanol–water partition coefficient (Wildman–Crippen LogP) is 4.29. The van der Waals surface area contributed by atoms with Crippen molar-refractivity contribution in [3.8, 4) is 0 Å². The molecule has 2 rings (SSSR count). The Labute approximate surface area is 132 Å². The van der Waals surface area contributed by atoms with E-state index in [-0.39, 0.29) is 5.91 Å². The molecule has 0 aliphatic heterocycles. The summed E-state index contributed by atoms with van der Waals surface area (Å²) < 4.78 is 0. The third-order valence-corrected chi connectivity index (χ3v) is 4.91. The molecule has 1 heterocycles. The number of thioether (sulfide) groups is 1. The fourth-order valence-corrected chi connectivity index (χ4v) is 3.48. The van der Waals surface area contributed by atoms with E-state index in [1.807, 2.05) is 42.8 Å². The van der Waals surface area contributed by atoms with Gasteiger partial charge in [0.2, 0.25) is 5.91 Å². The van der Waals surface area contributed by atoms with E-state index in [2.05, 4.69) is 6.07 Å². The third kappa shape index (κ3) is 4.85. The van der Waals surface area contributed by atoms with Crippen LogP contribution < -0.4 is 0 Å². The van der Waals surface area contributed by atoms with Crippen LogP contribution in [0.5, 0.6) is 0 Å². The topological polar surface area (TPSA) is 20.3 Å². The van der Waals surface area contributed by atoms with E-state index in [9.17, 15) is 4.79 Å². The molecule has 0 spiro atoms. The van der Waals surface area contributed by atoms with Gasteiger partial charge in [0.05, 0.1) is 12.3 Å². The molecule has 0 radical (unpaired) electrons. The first-order valence-electron chi connectivity index (χ1n) is 6.23. The molecule has 20 heavy (non-hydrogen) atoms. The van der Waals surface area contributed by atoms with Gasteiger partial charge in [-0.1, -0.05) is 29.8 Å². The maximum absolute atomic E-state index is 12.0. The standard InChI is InChI=1S/C15H16ClNOS2/c1-17(9-14-3-2-8-20-14)15(18)11-19-10-12-4-6-13(16)7-5-12/h2-8H,9-11H2,1H3. The molecule has 0 aliphatic carbocycles. The molecule has 0 aliphatic rings. The summed E-state index contributed by atoms with van der Waals surface area (Å²) in [5.41, 5.74) is 1.19. The van der Waals surface area contributed by atoms with Crippen LogP contribution in [0.3, 0.4) is 0 Å². The number of halogens is 1. The smallest absolute Gasteiger partial charge is 0.232 e. The molecule has 106 valence electrons. The van der Waals surface area contributed by atoms with E-state index >= 15 is 0 Å². The molecule has 1 amide bonds. The van der Waals surface area contributed by atoms with Crippen molar-refractivity contribution in [3.05, 3.63) is 57.2 Å². The lowest BCUT2D eigenvalue weighted by molar-refractivity contribution is -0.127. The van der Waals surface area contributed by atoms with Crippen LogP contribution in [0.2, 0.25) is 5.02 Å². The lowest BCUT2D eigenvalue weighted by atomic mass is 10.2. The van der Waals surface area contributed by atoms with Crippen molar-refractivity contribution in [3.63, 3.8) is 0 Å². The second kappa shape index (κ2) is 7.72. The number of rotatable bonds is 6. The highest BCUT2D eigenvalue weighted by atomic mass is 35.5. The van der Waals surface area contributed by atoms with Gasteiger partial charge in [-0.05, 0) is 29.1 Å². The molecule has 0 saturated heterocycles. The van der Waals surface area contributed by atoms with Crippen LogP contribution in [0.25, 0.3) is 0 Å². The van der Waals surface area contributed by atoms with Gasteiger partial charge in [0.25, 0.3) is 0 Å². The van der Waals surface area contributed by atoms with E-state index < -0.39 is 0 Å². The molecule has 0 unspecified atom stereocenters. The second-order valence-electron chi connectivity index (χ2n) is 4.45. The molecule has 0 fully saturated rings. The molecule has 2 aromatic rings. The maximum atomic E-state index is 12.0. The summed E-state index contributed by atoms with van der Waals surface area (Å²) in [5.74, 6) is 1.50. The van der Waals surface area contributed by atoms with E-state index in [1.165, 1.54) is 10.4 Å². The first-order chi connectivity index (χ1) is 9.65. The number of hydrogen-bond acceptors (Lipinski definition) is 3. The van der Waals surface area contributed by atoms with Crippen LogP contribution in [0.1, 0.15) is 10.4 Å². The Morgan fingerprint density at radius 2 is 2.05 bits per heavy atom. The minimum atomic E-state index is 0.164. The normalized spacial score (nSPS) is 10.5. The molecule has 5 heteroatoms. The average molecular weight is 326 g/mol. The SMILES string of the molecule is CN(Cc1cccs1)C(=O)CSCc1ccc(Cl)cc1. The Morgan fingerprint density at radius 3 is 2.70 bits per heavy atom. The molecule has 0 N–H and O–H groups in total. The number of carbonyl (C=O) groups excluding carboxylic acids is 1. The Balaban J connectivity index is 1.73. The van der Waals surface area contributed by atoms with Gasteiger partial charge in [-0.25, -0.2) is 0 Å². The number of amides is 1. The van der Waals surface area contributed by atoms with Crippen LogP contribution >= 0.6 is 34.7 Å². The summed E-state index contributed by atoms with van der Waals surface area (Å²) in [6.45, 7) is 0.692. The highest BCUT2D eigenvalue weighted by molar-refractivity contribution is 7.99. The van der Waals surface area contributed by atoms with Gasteiger partial charge in [-0.2, -0.15) is 0 Å². The van der Waals surface area contributed by atoms with E-state index in [0.29, 0.717) is 12.3 Å². The molecule has 0 saturated carbocycles. The molecule has 0 bridgehead atoms. The summed E-state index contributed by atoms with van der Waals surface area (Å²) >= 11 is 9.15. The average Bonchev–Trinajstić information content (AvgIpc) is 2.93. The Bertz CT molecular complexity index is 540. The molecular formula is C15H16ClNOS2. The fraction of sp³-hybridized carbons (Fsp3) is 0.267. The highest BCUT2D eigenvalue weighted by Crippen LogP contribution is 2.16. The zero-order valence-electron chi connectivity index (χ0n) is 11.2. The van der Waals surface area contributed by atoms with Crippen LogP contribution in [0, 0.1) is 0 Å². The lowest BCUT2D eigenvalue weighted by Gasteiger charge is -2.15. The van der Waals surface area contributed by atoms with Crippen LogP contribution in [-0.4, -0.2) is 23.6 Å². The maximum Gasteiger partial charge on any atom is 0.232 e. The van der Waals surface area contributed by atoms with Crippen LogP contribution in [0.4, 0.5) is 0 Å². The molecule has 2 nitrogen and oxygen atoms in total. The quantitative estimate of drug-likeness (QED) is 0.789. The van der Waals surface area contributed by atoms with Crippen molar-refractivity contribution in [2.24, 2.45) is 0 Å². The van der Waals surface area contributed by atoms with Crippen molar-refractivity contribution >= 4 is 40.6 Å². The first-order valence-corrected chi connectivity index (χ1v) is 8.65. The van der Waals surface area contributed by atoms with Gasteiger partial charge >= 0.3 is 0 Å². The van der Waals surface area contributed by atoms with Gasteiger partial charge in [0, 0.05) is 22.7 Å². The van der Waals surface area contributed by atoms with Crippen LogP contribution in [-0.2, 0) is 17.1 Å².